The first kappa shape index (κ1) is 7.25. The van der Waals surface area contributed by atoms with Crippen LogP contribution in [0.2, 0.25) is 0 Å². The van der Waals surface area contributed by atoms with Gasteiger partial charge in [-0.25, -0.2) is 0 Å². The van der Waals surface area contributed by atoms with Gasteiger partial charge in [0.15, 0.2) is 0 Å². The minimum Gasteiger partial charge on any atom is -0.109 e. The van der Waals surface area contributed by atoms with Crippen LogP contribution in [0.15, 0.2) is 0 Å². The minimum absolute atomic E-state index is 0.0532. The van der Waals surface area contributed by atoms with Crippen molar-refractivity contribution in [1.82, 2.24) is 0 Å². The second-order valence-electron chi connectivity index (χ2n) is 1.01. The first-order valence-corrected chi connectivity index (χ1v) is 3.83. The van der Waals surface area contributed by atoms with Crippen LogP contribution >= 0.6 is 43.5 Å². The third kappa shape index (κ3) is 3.44. The van der Waals surface area contributed by atoms with E-state index >= 15 is 0 Å². The highest BCUT2D eigenvalue weighted by molar-refractivity contribution is 9.12. The third-order valence-electron chi connectivity index (χ3n) is 0.347. The van der Waals surface area contributed by atoms with Crippen LogP contribution < -0.4 is 0 Å². The summed E-state index contributed by atoms with van der Waals surface area (Å²) in [6.45, 7) is 1.98. The number of alkyl halides is 3. The van der Waals surface area contributed by atoms with Gasteiger partial charge < -0.3 is 0 Å². The Kier molecular flexibility index (Phi) is 3.96. The Hall–Kier alpha value is 1.25. The van der Waals surface area contributed by atoms with E-state index in [2.05, 4.69) is 31.9 Å². The van der Waals surface area contributed by atoms with E-state index in [9.17, 15) is 0 Å². The maximum atomic E-state index is 5.48. The summed E-state index contributed by atoms with van der Waals surface area (Å²) in [5, 5.41) is 0. The van der Waals surface area contributed by atoms with E-state index < -0.39 is 0 Å². The number of hydrogen-bond acceptors (Lipinski definition) is 0. The summed E-state index contributed by atoms with van der Waals surface area (Å²) in [7, 11) is 0. The molecule has 2 atom stereocenters. The molecule has 0 rings (SSSR count). The maximum Gasteiger partial charge on any atom is 0.101 e. The summed E-state index contributed by atoms with van der Waals surface area (Å²) >= 11 is 11.9. The highest BCUT2D eigenvalue weighted by atomic mass is 79.9. The second-order valence-corrected chi connectivity index (χ2v) is 4.44. The topological polar surface area (TPSA) is 0 Å². The average molecular weight is 236 g/mol. The highest BCUT2D eigenvalue weighted by Crippen LogP contribution is 2.16. The van der Waals surface area contributed by atoms with Gasteiger partial charge in [0, 0.05) is 4.83 Å². The molecule has 3 heteroatoms. The van der Waals surface area contributed by atoms with E-state index in [1.165, 1.54) is 0 Å². The van der Waals surface area contributed by atoms with Gasteiger partial charge in [-0.15, -0.1) is 11.6 Å². The van der Waals surface area contributed by atoms with Crippen molar-refractivity contribution in [3.63, 3.8) is 0 Å². The zero-order valence-electron chi connectivity index (χ0n) is 3.29. The average Bonchev–Trinajstić information content (AvgIpc) is 1.36. The summed E-state index contributed by atoms with van der Waals surface area (Å²) in [5.41, 5.74) is 0. The SMILES string of the molecule is CC(Br)C(Cl)Br. The monoisotopic (exact) mass is 234 g/mol. The van der Waals surface area contributed by atoms with Crippen molar-refractivity contribution in [1.29, 1.82) is 0 Å². The molecule has 0 N–H and O–H groups in total. The fourth-order valence-electron chi connectivity index (χ4n) is 0. The van der Waals surface area contributed by atoms with Crippen LogP contribution in [-0.2, 0) is 0 Å². The standard InChI is InChI=1S/C3H5Br2Cl/c1-2(4)3(5)6/h2-3H,1H3. The molecule has 0 aliphatic carbocycles. The van der Waals surface area contributed by atoms with Gasteiger partial charge in [-0.1, -0.05) is 38.8 Å². The largest absolute Gasteiger partial charge is 0.109 e. The molecular formula is C3H5Br2Cl. The fraction of sp³-hybridized carbons (Fsp3) is 1.00. The van der Waals surface area contributed by atoms with Crippen LogP contribution in [0, 0.1) is 0 Å². The molecule has 0 aromatic rings. The highest BCUT2D eigenvalue weighted by Gasteiger charge is 2.02. The molecule has 0 saturated carbocycles. The van der Waals surface area contributed by atoms with Crippen LogP contribution in [-0.4, -0.2) is 9.11 Å². The molecule has 0 amide bonds. The Morgan fingerprint density at radius 3 is 1.67 bits per heavy atom. The van der Waals surface area contributed by atoms with Crippen molar-refractivity contribution in [2.24, 2.45) is 0 Å². The first-order chi connectivity index (χ1) is 2.64. The number of hydrogen-bond donors (Lipinski definition) is 0. The zero-order valence-corrected chi connectivity index (χ0v) is 7.22. The Morgan fingerprint density at radius 2 is 1.67 bits per heavy atom. The van der Waals surface area contributed by atoms with Gasteiger partial charge in [0.25, 0.3) is 0 Å². The quantitative estimate of drug-likeness (QED) is 0.614. The van der Waals surface area contributed by atoms with Gasteiger partial charge in [-0.05, 0) is 0 Å². The van der Waals surface area contributed by atoms with Crippen molar-refractivity contribution in [2.75, 3.05) is 0 Å². The van der Waals surface area contributed by atoms with Crippen LogP contribution in [0.5, 0.6) is 0 Å². The lowest BCUT2D eigenvalue weighted by Crippen LogP contribution is -1.98. The van der Waals surface area contributed by atoms with Gasteiger partial charge in [0.05, 0.1) is 0 Å². The minimum atomic E-state index is 0.0532. The molecule has 0 nitrogen and oxygen atoms in total. The van der Waals surface area contributed by atoms with Gasteiger partial charge in [-0.2, -0.15) is 0 Å². The molecule has 6 heavy (non-hydrogen) atoms. The molecule has 38 valence electrons. The van der Waals surface area contributed by atoms with Crippen LogP contribution in [0.25, 0.3) is 0 Å². The molecule has 0 bridgehead atoms. The predicted octanol–water partition coefficient (Wildman–Crippen LogP) is 2.73. The van der Waals surface area contributed by atoms with E-state index in [1.807, 2.05) is 6.92 Å². The molecular weight excluding hydrogens is 231 g/mol. The van der Waals surface area contributed by atoms with E-state index in [0.29, 0.717) is 4.83 Å². The van der Waals surface area contributed by atoms with Crippen molar-refractivity contribution in [3.05, 3.63) is 0 Å². The van der Waals surface area contributed by atoms with E-state index in [1.54, 1.807) is 0 Å². The molecule has 0 fully saturated rings. The summed E-state index contributed by atoms with van der Waals surface area (Å²) < 4.78 is 0.0532. The lowest BCUT2D eigenvalue weighted by molar-refractivity contribution is 1.11. The molecule has 0 aliphatic rings. The molecule has 2 unspecified atom stereocenters. The Bertz CT molecular complexity index is 29.8. The van der Waals surface area contributed by atoms with Gasteiger partial charge >= 0.3 is 0 Å². The second kappa shape index (κ2) is 3.28. The van der Waals surface area contributed by atoms with E-state index in [0.717, 1.165) is 0 Å². The summed E-state index contributed by atoms with van der Waals surface area (Å²) in [5.74, 6) is 0. The predicted molar refractivity (Wildman–Crippen MR) is 37.0 cm³/mol. The summed E-state index contributed by atoms with van der Waals surface area (Å²) in [6, 6.07) is 0. The van der Waals surface area contributed by atoms with Crippen LogP contribution in [0.3, 0.4) is 0 Å². The van der Waals surface area contributed by atoms with Crippen LogP contribution in [0.1, 0.15) is 6.92 Å². The van der Waals surface area contributed by atoms with Crippen LogP contribution in [0.4, 0.5) is 0 Å². The van der Waals surface area contributed by atoms with Crippen molar-refractivity contribution < 1.29 is 0 Å². The van der Waals surface area contributed by atoms with Crippen molar-refractivity contribution in [2.45, 2.75) is 16.0 Å². The van der Waals surface area contributed by atoms with Gasteiger partial charge in [-0.3, -0.25) is 0 Å². The Balaban J connectivity index is 2.99. The Labute approximate surface area is 59.5 Å². The van der Waals surface area contributed by atoms with E-state index in [4.69, 9.17) is 11.6 Å². The molecule has 0 spiro atoms. The molecule has 0 heterocycles. The zero-order chi connectivity index (χ0) is 5.15. The first-order valence-electron chi connectivity index (χ1n) is 1.57. The van der Waals surface area contributed by atoms with Crippen molar-refractivity contribution in [3.8, 4) is 0 Å². The third-order valence-corrected chi connectivity index (χ3v) is 3.06. The fourth-order valence-corrected chi connectivity index (χ4v) is 0. The number of halogens is 3. The molecule has 0 radical (unpaired) electrons. The van der Waals surface area contributed by atoms with Gasteiger partial charge in [0.2, 0.25) is 0 Å². The molecule has 0 aromatic heterocycles. The lowest BCUT2D eigenvalue weighted by Gasteiger charge is -1.98. The summed E-state index contributed by atoms with van der Waals surface area (Å²) in [6.07, 6.45) is 0. The maximum absolute atomic E-state index is 5.48. The van der Waals surface area contributed by atoms with Gasteiger partial charge in [0.1, 0.15) is 4.29 Å². The molecule has 0 aromatic carbocycles. The lowest BCUT2D eigenvalue weighted by atomic mass is 10.6. The smallest absolute Gasteiger partial charge is 0.101 e. The summed E-state index contributed by atoms with van der Waals surface area (Å²) in [4.78, 5) is 0.346. The van der Waals surface area contributed by atoms with E-state index in [-0.39, 0.29) is 4.29 Å². The number of rotatable bonds is 1. The van der Waals surface area contributed by atoms with Crippen molar-refractivity contribution >= 4 is 43.5 Å². The Morgan fingerprint density at radius 1 is 1.50 bits per heavy atom. The molecule has 0 saturated heterocycles. The molecule has 0 aliphatic heterocycles. The normalized spacial score (nSPS) is 20.0.